The van der Waals surface area contributed by atoms with Gasteiger partial charge in [0.05, 0.1) is 17.1 Å². The van der Waals surface area contributed by atoms with Gasteiger partial charge in [-0.05, 0) is 54.4 Å². The Morgan fingerprint density at radius 1 is 0.939 bits per heavy atom. The van der Waals surface area contributed by atoms with Crippen LogP contribution in [-0.4, -0.2) is 26.7 Å². The second-order valence-corrected chi connectivity index (χ2v) is 9.90. The lowest BCUT2D eigenvalue weighted by molar-refractivity contribution is -0.118. The average Bonchev–Trinajstić information content (AvgIpc) is 3.04. The van der Waals surface area contributed by atoms with Crippen LogP contribution >= 0.6 is 0 Å². The maximum atomic E-state index is 13.6. The Kier molecular flexibility index (Phi) is 5.99. The molecule has 0 unspecified atom stereocenters. The van der Waals surface area contributed by atoms with Crippen molar-refractivity contribution in [3.8, 4) is 5.75 Å². The summed E-state index contributed by atoms with van der Waals surface area (Å²) in [7, 11) is -3.16. The zero-order chi connectivity index (χ0) is 23.8. The van der Waals surface area contributed by atoms with Crippen molar-refractivity contribution in [1.29, 1.82) is 0 Å². The molecule has 0 saturated heterocycles. The molecule has 1 heterocycles. The highest BCUT2D eigenvalue weighted by Crippen LogP contribution is 2.28. The zero-order valence-electron chi connectivity index (χ0n) is 17.5. The highest BCUT2D eigenvalue weighted by molar-refractivity contribution is 7.90. The Balaban J connectivity index is 1.48. The number of carbonyl (C=O) groups is 2. The summed E-state index contributed by atoms with van der Waals surface area (Å²) in [6, 6.07) is 12.1. The molecule has 3 aromatic rings. The molecule has 3 aromatic carbocycles. The molecule has 0 radical (unpaired) electrons. The van der Waals surface area contributed by atoms with Crippen molar-refractivity contribution in [3.63, 3.8) is 0 Å². The molecule has 0 bridgehead atoms. The number of halogens is 2. The molecule has 0 aliphatic carbocycles. The number of sulfone groups is 1. The lowest BCUT2D eigenvalue weighted by Gasteiger charge is -2.13. The summed E-state index contributed by atoms with van der Waals surface area (Å²) in [5, 5.41) is 2.63. The molecule has 170 valence electrons. The minimum atomic E-state index is -3.16. The Morgan fingerprint density at radius 3 is 2.36 bits per heavy atom. The fourth-order valence-electron chi connectivity index (χ4n) is 3.63. The number of aryl methyl sites for hydroxylation is 1. The minimum Gasteiger partial charge on any atom is -0.483 e. The van der Waals surface area contributed by atoms with E-state index in [-0.39, 0.29) is 28.4 Å². The molecule has 1 aliphatic rings. The molecule has 0 atom stereocenters. The Labute approximate surface area is 189 Å². The van der Waals surface area contributed by atoms with Gasteiger partial charge in [-0.2, -0.15) is 0 Å². The van der Waals surface area contributed by atoms with E-state index in [2.05, 4.69) is 5.32 Å². The van der Waals surface area contributed by atoms with E-state index in [9.17, 15) is 26.8 Å². The number of nitrogens with one attached hydrogen (secondary N) is 1. The Hall–Kier alpha value is -3.59. The van der Waals surface area contributed by atoms with Crippen LogP contribution < -0.4 is 10.1 Å². The average molecular weight is 471 g/mol. The highest BCUT2D eigenvalue weighted by Gasteiger charge is 2.25. The van der Waals surface area contributed by atoms with E-state index in [4.69, 9.17) is 4.74 Å². The smallest absolute Gasteiger partial charge is 0.262 e. The van der Waals surface area contributed by atoms with Gasteiger partial charge in [-0.15, -0.1) is 0 Å². The van der Waals surface area contributed by atoms with Crippen molar-refractivity contribution in [1.82, 2.24) is 0 Å². The van der Waals surface area contributed by atoms with Crippen molar-refractivity contribution in [2.75, 3.05) is 11.9 Å². The number of benzene rings is 3. The van der Waals surface area contributed by atoms with Crippen LogP contribution in [-0.2, 0) is 26.1 Å². The molecule has 1 N–H and O–H groups in total. The highest BCUT2D eigenvalue weighted by atomic mass is 32.2. The van der Waals surface area contributed by atoms with Crippen LogP contribution in [0.3, 0.4) is 0 Å². The molecule has 4 rings (SSSR count). The van der Waals surface area contributed by atoms with E-state index in [1.807, 2.05) is 0 Å². The first-order valence-electron chi connectivity index (χ1n) is 9.96. The van der Waals surface area contributed by atoms with E-state index in [0.717, 1.165) is 17.7 Å². The normalized spacial score (nSPS) is 13.9. The van der Waals surface area contributed by atoms with Gasteiger partial charge in [0, 0.05) is 17.3 Å². The predicted molar refractivity (Wildman–Crippen MR) is 118 cm³/mol. The molecule has 1 aliphatic heterocycles. The fourth-order valence-corrected chi connectivity index (χ4v) is 5.23. The fraction of sp³-hybridized carbons (Fsp3) is 0.167. The number of ketones is 1. The molecule has 0 saturated carbocycles. The number of carbonyl (C=O) groups excluding carboxylic acids is 2. The number of rotatable bonds is 6. The maximum Gasteiger partial charge on any atom is 0.262 e. The summed E-state index contributed by atoms with van der Waals surface area (Å²) >= 11 is 0. The number of anilines is 1. The maximum absolute atomic E-state index is 13.6. The van der Waals surface area contributed by atoms with Crippen LogP contribution in [0, 0.1) is 18.6 Å². The number of amides is 1. The zero-order valence-corrected chi connectivity index (χ0v) is 18.3. The van der Waals surface area contributed by atoms with Crippen molar-refractivity contribution in [3.05, 3.63) is 94.0 Å². The van der Waals surface area contributed by atoms with Crippen LogP contribution in [0.4, 0.5) is 14.5 Å². The molecular weight excluding hydrogens is 452 g/mol. The number of hydrogen-bond acceptors (Lipinski definition) is 5. The van der Waals surface area contributed by atoms with Crippen molar-refractivity contribution < 1.29 is 31.5 Å². The SMILES string of the molecule is Cc1ccc(OCC(=O)Nc2ccc3c(c2)CS(=O)(=O)C3)c(C(=O)c2cc(F)cc(F)c2)c1. The van der Waals surface area contributed by atoms with Gasteiger partial charge in [0.15, 0.2) is 22.2 Å². The molecule has 1 amide bonds. The third-order valence-electron chi connectivity index (χ3n) is 5.10. The summed E-state index contributed by atoms with van der Waals surface area (Å²) in [6.07, 6.45) is 0. The summed E-state index contributed by atoms with van der Waals surface area (Å²) in [5.74, 6) is -2.92. The third kappa shape index (κ3) is 5.25. The van der Waals surface area contributed by atoms with Gasteiger partial charge in [0.25, 0.3) is 5.91 Å². The first-order valence-corrected chi connectivity index (χ1v) is 11.8. The van der Waals surface area contributed by atoms with Crippen molar-refractivity contribution in [2.45, 2.75) is 18.4 Å². The van der Waals surface area contributed by atoms with Gasteiger partial charge in [-0.1, -0.05) is 17.7 Å². The molecule has 0 spiro atoms. The summed E-state index contributed by atoms with van der Waals surface area (Å²) in [5.41, 5.74) is 2.38. The number of hydrogen-bond donors (Lipinski definition) is 1. The van der Waals surface area contributed by atoms with Gasteiger partial charge in [0.1, 0.15) is 17.4 Å². The van der Waals surface area contributed by atoms with Crippen LogP contribution in [0.1, 0.15) is 32.6 Å². The Morgan fingerprint density at radius 2 is 1.64 bits per heavy atom. The molecular formula is C24H19F2NO5S. The third-order valence-corrected chi connectivity index (χ3v) is 6.61. The van der Waals surface area contributed by atoms with E-state index in [1.165, 1.54) is 12.1 Å². The summed E-state index contributed by atoms with van der Waals surface area (Å²) in [4.78, 5) is 25.2. The van der Waals surface area contributed by atoms with Crippen molar-refractivity contribution >= 4 is 27.2 Å². The van der Waals surface area contributed by atoms with Gasteiger partial charge < -0.3 is 10.1 Å². The topological polar surface area (TPSA) is 89.5 Å². The van der Waals surface area contributed by atoms with Gasteiger partial charge in [-0.3, -0.25) is 9.59 Å². The second kappa shape index (κ2) is 8.74. The predicted octanol–water partition coefficient (Wildman–Crippen LogP) is 3.95. The van der Waals surface area contributed by atoms with Crippen LogP contribution in [0.5, 0.6) is 5.75 Å². The van der Waals surface area contributed by atoms with E-state index in [0.29, 0.717) is 22.9 Å². The number of fused-ring (bicyclic) bond motifs is 1. The van der Waals surface area contributed by atoms with E-state index < -0.39 is 39.8 Å². The Bertz CT molecular complexity index is 1370. The summed E-state index contributed by atoms with van der Waals surface area (Å²) in [6.45, 7) is 1.31. The molecule has 6 nitrogen and oxygen atoms in total. The second-order valence-electron chi connectivity index (χ2n) is 7.84. The van der Waals surface area contributed by atoms with Crippen LogP contribution in [0.15, 0.2) is 54.6 Å². The largest absolute Gasteiger partial charge is 0.483 e. The van der Waals surface area contributed by atoms with Gasteiger partial charge in [0.2, 0.25) is 0 Å². The van der Waals surface area contributed by atoms with Crippen LogP contribution in [0.25, 0.3) is 0 Å². The van der Waals surface area contributed by atoms with Gasteiger partial charge >= 0.3 is 0 Å². The first kappa shape index (κ1) is 22.6. The molecule has 0 fully saturated rings. The molecule has 0 aromatic heterocycles. The minimum absolute atomic E-state index is 0.0148. The van der Waals surface area contributed by atoms with E-state index in [1.54, 1.807) is 31.2 Å². The quantitative estimate of drug-likeness (QED) is 0.550. The lowest BCUT2D eigenvalue weighted by atomic mass is 10.0. The standard InChI is InChI=1S/C24H19F2NO5S/c1-14-2-5-22(21(6-14)24(29)16-7-18(25)10-19(26)8-16)32-11-23(28)27-20-4-3-15-12-33(30,31)13-17(15)9-20/h2-10H,11-13H2,1H3,(H,27,28). The van der Waals surface area contributed by atoms with E-state index >= 15 is 0 Å². The number of ether oxygens (including phenoxy) is 1. The lowest BCUT2D eigenvalue weighted by Crippen LogP contribution is -2.21. The van der Waals surface area contributed by atoms with Crippen LogP contribution in [0.2, 0.25) is 0 Å². The molecule has 33 heavy (non-hydrogen) atoms. The molecule has 9 heteroatoms. The first-order chi connectivity index (χ1) is 15.6. The summed E-state index contributed by atoms with van der Waals surface area (Å²) < 4.78 is 56.2. The monoisotopic (exact) mass is 471 g/mol. The van der Waals surface area contributed by atoms with Gasteiger partial charge in [-0.25, -0.2) is 17.2 Å². The van der Waals surface area contributed by atoms with Crippen molar-refractivity contribution in [2.24, 2.45) is 0 Å².